The van der Waals surface area contributed by atoms with Gasteiger partial charge in [0, 0.05) is 0 Å². The van der Waals surface area contributed by atoms with Crippen LogP contribution in [0.15, 0.2) is 42.5 Å². The van der Waals surface area contributed by atoms with Crippen LogP contribution in [0.3, 0.4) is 0 Å². The molecule has 0 fully saturated rings. The first-order valence-electron chi connectivity index (χ1n) is 5.80. The largest absolute Gasteiger partial charge is 0.374 e. The lowest BCUT2D eigenvalue weighted by Gasteiger charge is -2.09. The Kier molecular flexibility index (Phi) is 4.53. The Hall–Kier alpha value is -2.14. The molecule has 0 unspecified atom stereocenters. The number of rotatable bonds is 4. The van der Waals surface area contributed by atoms with Crippen molar-refractivity contribution in [3.63, 3.8) is 0 Å². The number of halogens is 3. The van der Waals surface area contributed by atoms with Crippen LogP contribution in [0, 0.1) is 11.6 Å². The zero-order chi connectivity index (χ0) is 14.5. The van der Waals surface area contributed by atoms with E-state index < -0.39 is 17.5 Å². The Morgan fingerprint density at radius 3 is 2.50 bits per heavy atom. The van der Waals surface area contributed by atoms with E-state index in [1.54, 1.807) is 12.1 Å². The Balaban J connectivity index is 1.96. The van der Waals surface area contributed by atoms with Crippen molar-refractivity contribution in [2.24, 2.45) is 0 Å². The van der Waals surface area contributed by atoms with Gasteiger partial charge >= 0.3 is 0 Å². The molecule has 1 amide bonds. The molecule has 0 aliphatic rings. The topological polar surface area (TPSA) is 41.1 Å². The summed E-state index contributed by atoms with van der Waals surface area (Å²) in [6, 6.07) is 10.2. The molecular weight excluding hydrogens is 286 g/mol. The van der Waals surface area contributed by atoms with E-state index in [9.17, 15) is 13.6 Å². The van der Waals surface area contributed by atoms with Gasteiger partial charge in [-0.15, -0.1) is 0 Å². The highest BCUT2D eigenvalue weighted by molar-refractivity contribution is 6.31. The smallest absolute Gasteiger partial charge is 0.243 e. The third-order valence-corrected chi connectivity index (χ3v) is 2.83. The third-order valence-electron chi connectivity index (χ3n) is 2.54. The van der Waals surface area contributed by atoms with E-state index in [1.807, 2.05) is 0 Å². The van der Waals surface area contributed by atoms with Gasteiger partial charge in [-0.2, -0.15) is 0 Å². The van der Waals surface area contributed by atoms with Crippen LogP contribution >= 0.6 is 11.6 Å². The lowest BCUT2D eigenvalue weighted by molar-refractivity contribution is -0.114. The normalized spacial score (nSPS) is 10.2. The van der Waals surface area contributed by atoms with E-state index in [-0.39, 0.29) is 22.9 Å². The van der Waals surface area contributed by atoms with Crippen molar-refractivity contribution in [3.8, 4) is 0 Å². The molecule has 2 rings (SSSR count). The van der Waals surface area contributed by atoms with E-state index in [0.29, 0.717) is 0 Å². The molecule has 0 saturated heterocycles. The van der Waals surface area contributed by atoms with Crippen LogP contribution in [0.25, 0.3) is 0 Å². The van der Waals surface area contributed by atoms with Gasteiger partial charge in [0.1, 0.15) is 5.82 Å². The molecule has 0 spiro atoms. The Morgan fingerprint density at radius 1 is 1.05 bits per heavy atom. The van der Waals surface area contributed by atoms with Crippen LogP contribution in [-0.2, 0) is 4.79 Å². The summed E-state index contributed by atoms with van der Waals surface area (Å²) in [5, 5.41) is 4.94. The second kappa shape index (κ2) is 6.34. The number of benzene rings is 2. The number of carbonyl (C=O) groups excluding carboxylic acids is 1. The van der Waals surface area contributed by atoms with E-state index >= 15 is 0 Å². The molecule has 6 heteroatoms. The highest BCUT2D eigenvalue weighted by atomic mass is 35.5. The Morgan fingerprint density at radius 2 is 1.75 bits per heavy atom. The van der Waals surface area contributed by atoms with Crippen molar-refractivity contribution in [3.05, 3.63) is 59.1 Å². The summed E-state index contributed by atoms with van der Waals surface area (Å²) in [5.74, 6) is -1.66. The quantitative estimate of drug-likeness (QED) is 0.904. The van der Waals surface area contributed by atoms with Crippen LogP contribution in [0.1, 0.15) is 0 Å². The highest BCUT2D eigenvalue weighted by Crippen LogP contribution is 2.21. The second-order valence-corrected chi connectivity index (χ2v) is 4.39. The first-order chi connectivity index (χ1) is 9.58. The molecule has 0 atom stereocenters. The minimum atomic E-state index is -0.632. The molecule has 3 nitrogen and oxygen atoms in total. The summed E-state index contributed by atoms with van der Waals surface area (Å²) in [4.78, 5) is 11.6. The fourth-order valence-corrected chi connectivity index (χ4v) is 1.75. The molecule has 0 bridgehead atoms. The third kappa shape index (κ3) is 3.45. The number of carbonyl (C=O) groups is 1. The fraction of sp³-hybridized carbons (Fsp3) is 0.0714. The van der Waals surface area contributed by atoms with Crippen molar-refractivity contribution in [1.29, 1.82) is 0 Å². The highest BCUT2D eigenvalue weighted by Gasteiger charge is 2.09. The number of anilines is 2. The lowest BCUT2D eigenvalue weighted by atomic mass is 10.3. The van der Waals surface area contributed by atoms with E-state index in [2.05, 4.69) is 10.6 Å². The SMILES string of the molecule is O=C(CNc1cccc(Cl)c1F)Nc1ccccc1F. The minimum Gasteiger partial charge on any atom is -0.374 e. The molecule has 0 saturated carbocycles. The van der Waals surface area contributed by atoms with Crippen LogP contribution in [-0.4, -0.2) is 12.5 Å². The maximum atomic E-state index is 13.6. The molecular formula is C14H11ClF2N2O. The summed E-state index contributed by atoms with van der Waals surface area (Å²) in [5.41, 5.74) is 0.187. The average Bonchev–Trinajstić information content (AvgIpc) is 2.43. The van der Waals surface area contributed by atoms with E-state index in [4.69, 9.17) is 11.6 Å². The van der Waals surface area contributed by atoms with Gasteiger partial charge < -0.3 is 10.6 Å². The maximum Gasteiger partial charge on any atom is 0.243 e. The summed E-state index contributed by atoms with van der Waals surface area (Å²) >= 11 is 5.61. The van der Waals surface area contributed by atoms with Crippen LogP contribution in [0.4, 0.5) is 20.2 Å². The minimum absolute atomic E-state index is 0.0375. The lowest BCUT2D eigenvalue weighted by Crippen LogP contribution is -2.22. The number of para-hydroxylation sites is 1. The molecule has 0 aliphatic heterocycles. The summed E-state index contributed by atoms with van der Waals surface area (Å²) in [6.07, 6.45) is 0. The Labute approximate surface area is 119 Å². The average molecular weight is 297 g/mol. The molecule has 2 N–H and O–H groups in total. The molecule has 0 radical (unpaired) electrons. The van der Waals surface area contributed by atoms with Gasteiger partial charge in [0.2, 0.25) is 5.91 Å². The molecule has 2 aromatic carbocycles. The Bertz CT molecular complexity index is 634. The predicted molar refractivity (Wildman–Crippen MR) is 74.9 cm³/mol. The van der Waals surface area contributed by atoms with Crippen molar-refractivity contribution in [2.45, 2.75) is 0 Å². The maximum absolute atomic E-state index is 13.6. The van der Waals surface area contributed by atoms with Crippen molar-refractivity contribution >= 4 is 28.9 Å². The molecule has 0 aromatic heterocycles. The molecule has 0 aliphatic carbocycles. The summed E-state index contributed by atoms with van der Waals surface area (Å²) in [7, 11) is 0. The van der Waals surface area contributed by atoms with Gasteiger partial charge in [0.15, 0.2) is 5.82 Å². The van der Waals surface area contributed by atoms with Gasteiger partial charge in [-0.1, -0.05) is 29.8 Å². The van der Waals surface area contributed by atoms with Crippen LogP contribution in [0.2, 0.25) is 5.02 Å². The first-order valence-corrected chi connectivity index (χ1v) is 6.18. The number of hydrogen-bond acceptors (Lipinski definition) is 2. The molecule has 20 heavy (non-hydrogen) atoms. The summed E-state index contributed by atoms with van der Waals surface area (Å²) in [6.45, 7) is -0.203. The number of amides is 1. The zero-order valence-electron chi connectivity index (χ0n) is 10.3. The number of nitrogens with one attached hydrogen (secondary N) is 2. The van der Waals surface area contributed by atoms with Gasteiger partial charge in [0.05, 0.1) is 22.9 Å². The van der Waals surface area contributed by atoms with E-state index in [1.165, 1.54) is 30.3 Å². The second-order valence-electron chi connectivity index (χ2n) is 3.98. The van der Waals surface area contributed by atoms with Crippen molar-refractivity contribution in [1.82, 2.24) is 0 Å². The molecule has 2 aromatic rings. The van der Waals surface area contributed by atoms with Gasteiger partial charge in [-0.25, -0.2) is 8.78 Å². The standard InChI is InChI=1S/C14H11ClF2N2O/c15-9-4-3-7-12(14(9)17)18-8-13(20)19-11-6-2-1-5-10(11)16/h1-7,18H,8H2,(H,19,20). The molecule has 0 heterocycles. The van der Waals surface area contributed by atoms with E-state index in [0.717, 1.165) is 0 Å². The monoisotopic (exact) mass is 296 g/mol. The van der Waals surface area contributed by atoms with Crippen LogP contribution < -0.4 is 10.6 Å². The molecule has 104 valence electrons. The van der Waals surface area contributed by atoms with Gasteiger partial charge in [0.25, 0.3) is 0 Å². The van der Waals surface area contributed by atoms with Crippen molar-refractivity contribution in [2.75, 3.05) is 17.2 Å². The first kappa shape index (κ1) is 14.3. The summed E-state index contributed by atoms with van der Waals surface area (Å²) < 4.78 is 26.9. The van der Waals surface area contributed by atoms with Gasteiger partial charge in [-0.3, -0.25) is 4.79 Å². The van der Waals surface area contributed by atoms with Crippen molar-refractivity contribution < 1.29 is 13.6 Å². The number of hydrogen-bond donors (Lipinski definition) is 2. The predicted octanol–water partition coefficient (Wildman–Crippen LogP) is 3.67. The van der Waals surface area contributed by atoms with Crippen LogP contribution in [0.5, 0.6) is 0 Å². The fourth-order valence-electron chi connectivity index (χ4n) is 1.57. The zero-order valence-corrected chi connectivity index (χ0v) is 11.0. The van der Waals surface area contributed by atoms with Gasteiger partial charge in [-0.05, 0) is 24.3 Å².